The number of ether oxygens (including phenoxy) is 2. The van der Waals surface area contributed by atoms with Crippen molar-refractivity contribution in [1.82, 2.24) is 15.5 Å². The third-order valence-corrected chi connectivity index (χ3v) is 7.32. The predicted octanol–water partition coefficient (Wildman–Crippen LogP) is 5.99. The van der Waals surface area contributed by atoms with Crippen LogP contribution in [0.1, 0.15) is 84.0 Å². The van der Waals surface area contributed by atoms with Gasteiger partial charge in [0.1, 0.15) is 29.3 Å². The largest absolute Gasteiger partial charge is 0.458 e. The zero-order valence-electron chi connectivity index (χ0n) is 28.3. The molecule has 3 amide bonds. The van der Waals surface area contributed by atoms with Gasteiger partial charge in [-0.3, -0.25) is 9.59 Å². The molecule has 0 aromatic heterocycles. The summed E-state index contributed by atoms with van der Waals surface area (Å²) in [7, 11) is 0. The molecule has 0 saturated heterocycles. The van der Waals surface area contributed by atoms with Gasteiger partial charge in [-0.25, -0.2) is 9.59 Å². The van der Waals surface area contributed by atoms with Crippen LogP contribution in [0, 0.1) is 6.92 Å². The average Bonchev–Trinajstić information content (AvgIpc) is 2.94. The lowest BCUT2D eigenvalue weighted by molar-refractivity contribution is -0.159. The van der Waals surface area contributed by atoms with E-state index in [0.29, 0.717) is 24.2 Å². The molecule has 0 saturated carbocycles. The van der Waals surface area contributed by atoms with Crippen molar-refractivity contribution in [3.05, 3.63) is 71.3 Å². The van der Waals surface area contributed by atoms with Crippen LogP contribution >= 0.6 is 11.8 Å². The fourth-order valence-corrected chi connectivity index (χ4v) is 5.23. The highest BCUT2D eigenvalue weighted by molar-refractivity contribution is 7.98. The minimum Gasteiger partial charge on any atom is -0.458 e. The number of nitrogens with zero attached hydrogens (tertiary/aromatic N) is 1. The van der Waals surface area contributed by atoms with E-state index < -0.39 is 53.2 Å². The Kier molecular flexibility index (Phi) is 14.4. The van der Waals surface area contributed by atoms with Crippen LogP contribution in [0.3, 0.4) is 0 Å². The molecular formula is C35H51N3O6S. The summed E-state index contributed by atoms with van der Waals surface area (Å²) in [5.74, 6) is -0.887. The van der Waals surface area contributed by atoms with Crippen LogP contribution < -0.4 is 10.6 Å². The molecule has 0 heterocycles. The Morgan fingerprint density at radius 2 is 1.44 bits per heavy atom. The number of alkyl carbamates (subject to hydrolysis) is 1. The molecule has 3 unspecified atom stereocenters. The summed E-state index contributed by atoms with van der Waals surface area (Å²) in [6, 6.07) is 13.8. The van der Waals surface area contributed by atoms with Crippen LogP contribution in [-0.4, -0.2) is 70.6 Å². The van der Waals surface area contributed by atoms with Gasteiger partial charge in [0.2, 0.25) is 11.8 Å². The maximum absolute atomic E-state index is 14.4. The highest BCUT2D eigenvalue weighted by atomic mass is 32.2. The molecule has 0 radical (unpaired) electrons. The summed E-state index contributed by atoms with van der Waals surface area (Å²) >= 11 is 1.55. The molecule has 2 aromatic carbocycles. The van der Waals surface area contributed by atoms with Crippen molar-refractivity contribution >= 4 is 35.6 Å². The van der Waals surface area contributed by atoms with Crippen LogP contribution in [0.4, 0.5) is 4.79 Å². The highest BCUT2D eigenvalue weighted by Gasteiger charge is 2.38. The minimum absolute atomic E-state index is 0.209. The van der Waals surface area contributed by atoms with E-state index in [1.54, 1.807) is 53.3 Å². The molecule has 0 aliphatic rings. The second kappa shape index (κ2) is 17.2. The summed E-state index contributed by atoms with van der Waals surface area (Å²) in [6.07, 6.45) is 2.33. The number of aryl methyl sites for hydroxylation is 1. The number of rotatable bonds is 14. The number of esters is 1. The minimum atomic E-state index is -1.07. The second-order valence-electron chi connectivity index (χ2n) is 13.1. The number of thioether (sulfide) groups is 1. The number of amides is 3. The molecular weight excluding hydrogens is 590 g/mol. The zero-order valence-corrected chi connectivity index (χ0v) is 29.1. The first-order valence-corrected chi connectivity index (χ1v) is 16.9. The normalized spacial score (nSPS) is 13.6. The van der Waals surface area contributed by atoms with Crippen molar-refractivity contribution in [3.63, 3.8) is 0 Å². The van der Waals surface area contributed by atoms with E-state index in [1.807, 2.05) is 74.7 Å². The van der Waals surface area contributed by atoms with Gasteiger partial charge in [-0.15, -0.1) is 0 Å². The summed E-state index contributed by atoms with van der Waals surface area (Å²) in [6.45, 7) is 14.6. The fraction of sp³-hybridized carbons (Fsp3) is 0.543. The number of benzene rings is 2. The van der Waals surface area contributed by atoms with Crippen molar-refractivity contribution in [2.24, 2.45) is 0 Å². The number of hydrogen-bond donors (Lipinski definition) is 2. The lowest BCUT2D eigenvalue weighted by Crippen LogP contribution is -2.55. The Labute approximate surface area is 273 Å². The first kappa shape index (κ1) is 37.7. The van der Waals surface area contributed by atoms with Gasteiger partial charge in [0.15, 0.2) is 0 Å². The van der Waals surface area contributed by atoms with Gasteiger partial charge in [0.05, 0.1) is 0 Å². The summed E-state index contributed by atoms with van der Waals surface area (Å²) in [4.78, 5) is 56.5. The zero-order chi connectivity index (χ0) is 33.8. The van der Waals surface area contributed by atoms with Gasteiger partial charge in [0.25, 0.3) is 0 Å². The van der Waals surface area contributed by atoms with Crippen LogP contribution in [-0.2, 0) is 30.3 Å². The quantitative estimate of drug-likeness (QED) is 0.244. The number of nitrogens with one attached hydrogen (secondary N) is 2. The molecule has 248 valence electrons. The Morgan fingerprint density at radius 3 is 2.00 bits per heavy atom. The van der Waals surface area contributed by atoms with E-state index in [-0.39, 0.29) is 13.0 Å². The lowest BCUT2D eigenvalue weighted by Gasteiger charge is -2.35. The maximum Gasteiger partial charge on any atom is 0.408 e. The molecule has 2 N–H and O–H groups in total. The Balaban J connectivity index is 2.57. The van der Waals surface area contributed by atoms with Gasteiger partial charge >= 0.3 is 12.1 Å². The molecule has 3 atom stereocenters. The fourth-order valence-electron chi connectivity index (χ4n) is 4.76. The molecule has 2 rings (SSSR count). The van der Waals surface area contributed by atoms with Crippen molar-refractivity contribution in [1.29, 1.82) is 0 Å². The topological polar surface area (TPSA) is 114 Å². The standard InChI is InChI=1S/C35H51N3O6S/c1-10-21-38(31(40)27(20-22-45-9)37-33(42)44-35(6,7)8)29(26-19-15-14-16-24(26)2)30(39)36-28(32(41)43-34(3,4)5)23-25-17-12-11-13-18-25/h11-19,27-29H,10,20-23H2,1-9H3,(H,36,39)(H,37,42). The second-order valence-corrected chi connectivity index (χ2v) is 14.0. The SMILES string of the molecule is CCCN(C(=O)C(CCSC)NC(=O)OC(C)(C)C)C(C(=O)NC(Cc1ccccc1)C(=O)OC(C)(C)C)c1ccccc1C. The van der Waals surface area contributed by atoms with Gasteiger partial charge in [-0.05, 0) is 90.0 Å². The molecule has 2 aromatic rings. The summed E-state index contributed by atoms with van der Waals surface area (Å²) in [5.41, 5.74) is 0.763. The Morgan fingerprint density at radius 1 is 0.844 bits per heavy atom. The highest BCUT2D eigenvalue weighted by Crippen LogP contribution is 2.27. The number of carbonyl (C=O) groups is 4. The Bertz CT molecular complexity index is 1270. The van der Waals surface area contributed by atoms with Crippen molar-refractivity contribution in [3.8, 4) is 0 Å². The van der Waals surface area contributed by atoms with E-state index >= 15 is 0 Å². The Hall–Kier alpha value is -3.53. The average molecular weight is 642 g/mol. The van der Waals surface area contributed by atoms with Gasteiger partial charge < -0.3 is 25.0 Å². The summed E-state index contributed by atoms with van der Waals surface area (Å²) < 4.78 is 11.2. The van der Waals surface area contributed by atoms with Crippen molar-refractivity contribution < 1.29 is 28.7 Å². The number of carbonyl (C=O) groups excluding carboxylic acids is 4. The van der Waals surface area contributed by atoms with Crippen LogP contribution in [0.15, 0.2) is 54.6 Å². The van der Waals surface area contributed by atoms with E-state index in [1.165, 1.54) is 4.90 Å². The maximum atomic E-state index is 14.4. The molecule has 45 heavy (non-hydrogen) atoms. The smallest absolute Gasteiger partial charge is 0.408 e. The van der Waals surface area contributed by atoms with E-state index in [2.05, 4.69) is 10.6 Å². The molecule has 0 spiro atoms. The van der Waals surface area contributed by atoms with Crippen LogP contribution in [0.5, 0.6) is 0 Å². The van der Waals surface area contributed by atoms with Crippen LogP contribution in [0.2, 0.25) is 0 Å². The predicted molar refractivity (Wildman–Crippen MR) is 180 cm³/mol. The first-order chi connectivity index (χ1) is 21.1. The van der Waals surface area contributed by atoms with Gasteiger partial charge in [-0.1, -0.05) is 61.5 Å². The summed E-state index contributed by atoms with van der Waals surface area (Å²) in [5, 5.41) is 5.69. The van der Waals surface area contributed by atoms with Gasteiger partial charge in [0, 0.05) is 13.0 Å². The molecule has 10 heteroatoms. The number of hydrogen-bond acceptors (Lipinski definition) is 7. The first-order valence-electron chi connectivity index (χ1n) is 15.5. The molecule has 0 fully saturated rings. The third kappa shape index (κ3) is 12.8. The van der Waals surface area contributed by atoms with E-state index in [4.69, 9.17) is 9.47 Å². The van der Waals surface area contributed by atoms with Crippen molar-refractivity contribution in [2.45, 2.75) is 104 Å². The molecule has 9 nitrogen and oxygen atoms in total. The van der Waals surface area contributed by atoms with Crippen LogP contribution in [0.25, 0.3) is 0 Å². The lowest BCUT2D eigenvalue weighted by atomic mass is 9.96. The third-order valence-electron chi connectivity index (χ3n) is 6.68. The molecule has 0 bridgehead atoms. The van der Waals surface area contributed by atoms with E-state index in [9.17, 15) is 19.2 Å². The van der Waals surface area contributed by atoms with E-state index in [0.717, 1.165) is 11.1 Å². The molecule has 0 aliphatic carbocycles. The van der Waals surface area contributed by atoms with Crippen molar-refractivity contribution in [2.75, 3.05) is 18.6 Å². The van der Waals surface area contributed by atoms with Gasteiger partial charge in [-0.2, -0.15) is 11.8 Å². The molecule has 0 aliphatic heterocycles. The monoisotopic (exact) mass is 641 g/mol.